The standard InChI is InChI=1S/C11H16ClN3/c1-8-10(6-14-15(8)2)3-9-4-11(12)7-13-5-9/h4,6,11,13H,3,5,7H2,1-2H3. The van der Waals surface area contributed by atoms with E-state index in [0.29, 0.717) is 0 Å². The summed E-state index contributed by atoms with van der Waals surface area (Å²) in [6, 6.07) is 0. The van der Waals surface area contributed by atoms with E-state index in [4.69, 9.17) is 11.6 Å². The quantitative estimate of drug-likeness (QED) is 0.609. The number of alkyl halides is 1. The molecule has 0 saturated heterocycles. The van der Waals surface area contributed by atoms with Gasteiger partial charge in [0.15, 0.2) is 0 Å². The Morgan fingerprint density at radius 3 is 3.07 bits per heavy atom. The number of hydrogen-bond acceptors (Lipinski definition) is 2. The summed E-state index contributed by atoms with van der Waals surface area (Å²) in [4.78, 5) is 0. The molecule has 1 unspecified atom stereocenters. The van der Waals surface area contributed by atoms with E-state index in [1.54, 1.807) is 0 Å². The first-order valence-electron chi connectivity index (χ1n) is 5.18. The van der Waals surface area contributed by atoms with Crippen LogP contribution in [0.5, 0.6) is 0 Å². The van der Waals surface area contributed by atoms with Crippen LogP contribution in [0.2, 0.25) is 0 Å². The van der Waals surface area contributed by atoms with E-state index in [2.05, 4.69) is 23.4 Å². The Morgan fingerprint density at radius 2 is 2.47 bits per heavy atom. The van der Waals surface area contributed by atoms with Gasteiger partial charge in [0.1, 0.15) is 0 Å². The van der Waals surface area contributed by atoms with Crippen LogP contribution in [0.4, 0.5) is 0 Å². The van der Waals surface area contributed by atoms with Crippen LogP contribution in [0.15, 0.2) is 17.8 Å². The number of rotatable bonds is 2. The Balaban J connectivity index is 2.12. The summed E-state index contributed by atoms with van der Waals surface area (Å²) in [7, 11) is 1.97. The molecule has 0 spiro atoms. The van der Waals surface area contributed by atoms with Gasteiger partial charge in [-0.1, -0.05) is 11.6 Å². The molecule has 0 aliphatic carbocycles. The normalized spacial score (nSPS) is 21.5. The molecule has 2 heterocycles. The van der Waals surface area contributed by atoms with E-state index in [0.717, 1.165) is 19.5 Å². The fraction of sp³-hybridized carbons (Fsp3) is 0.545. The number of nitrogens with zero attached hydrogens (tertiary/aromatic N) is 2. The summed E-state index contributed by atoms with van der Waals surface area (Å²) in [6.45, 7) is 3.91. The van der Waals surface area contributed by atoms with Gasteiger partial charge < -0.3 is 5.32 Å². The highest BCUT2D eigenvalue weighted by Crippen LogP contribution is 2.15. The minimum Gasteiger partial charge on any atom is -0.311 e. The molecule has 2 rings (SSSR count). The molecule has 0 radical (unpaired) electrons. The zero-order valence-electron chi connectivity index (χ0n) is 9.13. The molecule has 0 amide bonds. The van der Waals surface area contributed by atoms with Crippen LogP contribution in [0.3, 0.4) is 0 Å². The number of hydrogen-bond donors (Lipinski definition) is 1. The highest BCUT2D eigenvalue weighted by atomic mass is 35.5. The van der Waals surface area contributed by atoms with Gasteiger partial charge in [-0.3, -0.25) is 4.68 Å². The molecule has 15 heavy (non-hydrogen) atoms. The topological polar surface area (TPSA) is 29.9 Å². The van der Waals surface area contributed by atoms with Gasteiger partial charge in [-0.15, -0.1) is 11.6 Å². The fourth-order valence-corrected chi connectivity index (χ4v) is 2.12. The van der Waals surface area contributed by atoms with Gasteiger partial charge in [0.05, 0.1) is 11.6 Å². The lowest BCUT2D eigenvalue weighted by Gasteiger charge is -2.17. The van der Waals surface area contributed by atoms with Crippen LogP contribution in [-0.2, 0) is 13.5 Å². The maximum absolute atomic E-state index is 6.06. The lowest BCUT2D eigenvalue weighted by Crippen LogP contribution is -2.30. The first kappa shape index (κ1) is 10.7. The second-order valence-corrected chi connectivity index (χ2v) is 4.59. The van der Waals surface area contributed by atoms with Crippen LogP contribution >= 0.6 is 11.6 Å². The average molecular weight is 226 g/mol. The molecule has 1 aromatic rings. The Morgan fingerprint density at radius 1 is 1.67 bits per heavy atom. The van der Waals surface area contributed by atoms with Crippen LogP contribution in [-0.4, -0.2) is 28.2 Å². The molecule has 0 fully saturated rings. The van der Waals surface area contributed by atoms with Crippen molar-refractivity contribution < 1.29 is 0 Å². The molecular formula is C11H16ClN3. The fourth-order valence-electron chi connectivity index (χ4n) is 1.83. The maximum atomic E-state index is 6.06. The van der Waals surface area contributed by atoms with E-state index in [1.807, 2.05) is 17.9 Å². The average Bonchev–Trinajstić information content (AvgIpc) is 2.50. The third-order valence-electron chi connectivity index (χ3n) is 2.86. The molecule has 82 valence electrons. The molecule has 1 atom stereocenters. The Labute approximate surface area is 95.1 Å². The molecular weight excluding hydrogens is 210 g/mol. The molecule has 4 heteroatoms. The van der Waals surface area contributed by atoms with E-state index >= 15 is 0 Å². The summed E-state index contributed by atoms with van der Waals surface area (Å²) in [6.07, 6.45) is 5.05. The highest BCUT2D eigenvalue weighted by Gasteiger charge is 2.12. The lowest BCUT2D eigenvalue weighted by atomic mass is 10.0. The van der Waals surface area contributed by atoms with Crippen molar-refractivity contribution in [1.29, 1.82) is 0 Å². The van der Waals surface area contributed by atoms with Crippen LogP contribution in [0.25, 0.3) is 0 Å². The first-order chi connectivity index (χ1) is 7.16. The zero-order valence-corrected chi connectivity index (χ0v) is 9.88. The number of nitrogens with one attached hydrogen (secondary N) is 1. The number of aryl methyl sites for hydroxylation is 1. The van der Waals surface area contributed by atoms with Crippen molar-refractivity contribution in [2.24, 2.45) is 7.05 Å². The van der Waals surface area contributed by atoms with Crippen molar-refractivity contribution in [2.45, 2.75) is 18.7 Å². The SMILES string of the molecule is Cc1c(CC2=CC(Cl)CNC2)cnn1C. The minimum absolute atomic E-state index is 0.130. The summed E-state index contributed by atoms with van der Waals surface area (Å²) in [5.74, 6) is 0. The summed E-state index contributed by atoms with van der Waals surface area (Å²) in [5, 5.41) is 7.67. The monoisotopic (exact) mass is 225 g/mol. The molecule has 1 aliphatic rings. The Bertz CT molecular complexity index is 381. The lowest BCUT2D eigenvalue weighted by molar-refractivity contribution is 0.693. The van der Waals surface area contributed by atoms with Crippen molar-refractivity contribution in [3.05, 3.63) is 29.1 Å². The summed E-state index contributed by atoms with van der Waals surface area (Å²) in [5.41, 5.74) is 3.88. The van der Waals surface area contributed by atoms with E-state index in [-0.39, 0.29) is 5.38 Å². The predicted molar refractivity (Wildman–Crippen MR) is 62.2 cm³/mol. The van der Waals surface area contributed by atoms with Crippen molar-refractivity contribution in [3.8, 4) is 0 Å². The third kappa shape index (κ3) is 2.41. The van der Waals surface area contributed by atoms with Gasteiger partial charge in [-0.25, -0.2) is 0 Å². The smallest absolute Gasteiger partial charge is 0.0643 e. The Hall–Kier alpha value is -0.800. The van der Waals surface area contributed by atoms with Crippen molar-refractivity contribution in [2.75, 3.05) is 13.1 Å². The molecule has 1 aromatic heterocycles. The van der Waals surface area contributed by atoms with Crippen molar-refractivity contribution >= 4 is 11.6 Å². The van der Waals surface area contributed by atoms with Gasteiger partial charge in [0, 0.05) is 25.8 Å². The van der Waals surface area contributed by atoms with E-state index < -0.39 is 0 Å². The molecule has 3 nitrogen and oxygen atoms in total. The van der Waals surface area contributed by atoms with Gasteiger partial charge in [-0.2, -0.15) is 5.10 Å². The molecule has 1 aliphatic heterocycles. The second kappa shape index (κ2) is 4.37. The van der Waals surface area contributed by atoms with Crippen molar-refractivity contribution in [1.82, 2.24) is 15.1 Å². The second-order valence-electron chi connectivity index (χ2n) is 4.03. The van der Waals surface area contributed by atoms with Crippen LogP contribution in [0, 0.1) is 6.92 Å². The molecule has 0 aromatic carbocycles. The highest BCUT2D eigenvalue weighted by molar-refractivity contribution is 6.22. The van der Waals surface area contributed by atoms with E-state index in [1.165, 1.54) is 16.8 Å². The van der Waals surface area contributed by atoms with Gasteiger partial charge in [0.2, 0.25) is 0 Å². The van der Waals surface area contributed by atoms with Crippen LogP contribution in [0.1, 0.15) is 11.3 Å². The van der Waals surface area contributed by atoms with Gasteiger partial charge in [0.25, 0.3) is 0 Å². The molecule has 1 N–H and O–H groups in total. The zero-order chi connectivity index (χ0) is 10.8. The third-order valence-corrected chi connectivity index (χ3v) is 3.14. The number of halogens is 1. The first-order valence-corrected chi connectivity index (χ1v) is 5.62. The molecule has 0 saturated carbocycles. The van der Waals surface area contributed by atoms with Gasteiger partial charge >= 0.3 is 0 Å². The van der Waals surface area contributed by atoms with Crippen LogP contribution < -0.4 is 5.32 Å². The predicted octanol–water partition coefficient (Wildman–Crippen LogP) is 1.41. The van der Waals surface area contributed by atoms with E-state index in [9.17, 15) is 0 Å². The van der Waals surface area contributed by atoms with Crippen molar-refractivity contribution in [3.63, 3.8) is 0 Å². The number of aromatic nitrogens is 2. The maximum Gasteiger partial charge on any atom is 0.0643 e. The minimum atomic E-state index is 0.130. The summed E-state index contributed by atoms with van der Waals surface area (Å²) < 4.78 is 1.91. The Kier molecular flexibility index (Phi) is 3.12. The largest absolute Gasteiger partial charge is 0.311 e. The van der Waals surface area contributed by atoms with Gasteiger partial charge in [-0.05, 0) is 18.9 Å². The molecule has 0 bridgehead atoms. The summed E-state index contributed by atoms with van der Waals surface area (Å²) >= 11 is 6.06.